The van der Waals surface area contributed by atoms with E-state index in [2.05, 4.69) is 85.0 Å². The van der Waals surface area contributed by atoms with Crippen LogP contribution in [0, 0.1) is 0 Å². The van der Waals surface area contributed by atoms with Gasteiger partial charge in [0.1, 0.15) is 0 Å². The van der Waals surface area contributed by atoms with Crippen molar-refractivity contribution in [2.24, 2.45) is 0 Å². The van der Waals surface area contributed by atoms with Crippen LogP contribution < -0.4 is 14.8 Å². The minimum absolute atomic E-state index is 0.156. The van der Waals surface area contributed by atoms with E-state index in [0.717, 1.165) is 35.2 Å². The fourth-order valence-corrected chi connectivity index (χ4v) is 5.33. The highest BCUT2D eigenvalue weighted by molar-refractivity contribution is 5.76. The normalized spacial score (nSPS) is 11.2. The number of amides is 1. The molecule has 0 aromatic heterocycles. The van der Waals surface area contributed by atoms with Crippen molar-refractivity contribution in [1.29, 1.82) is 0 Å². The summed E-state index contributed by atoms with van der Waals surface area (Å²) in [5.74, 6) is 1.53. The molecule has 1 N–H and O–H groups in total. The lowest BCUT2D eigenvalue weighted by Crippen LogP contribution is -2.48. The van der Waals surface area contributed by atoms with Gasteiger partial charge < -0.3 is 14.4 Å². The van der Waals surface area contributed by atoms with Crippen LogP contribution in [0.1, 0.15) is 42.0 Å². The third kappa shape index (κ3) is 6.72. The standard InChI is InChI=1S/C35H40N2O3/c1-4-25-37(34(38)23-21-28-20-22-32(39-2)33(27-28)40-3)26-24-36-35(29-14-8-5-9-15-29,30-16-10-6-11-17-30)31-18-12-7-13-19-31/h5-20,22,27,36H,4,21,23-26H2,1-3H3. The van der Waals surface area contributed by atoms with Crippen LogP contribution in [0.25, 0.3) is 0 Å². The smallest absolute Gasteiger partial charge is 0.222 e. The molecule has 0 bridgehead atoms. The molecule has 5 heteroatoms. The number of nitrogens with zero attached hydrogens (tertiary/aromatic N) is 1. The molecule has 0 saturated carbocycles. The van der Waals surface area contributed by atoms with E-state index in [4.69, 9.17) is 9.47 Å². The lowest BCUT2D eigenvalue weighted by molar-refractivity contribution is -0.131. The molecule has 208 valence electrons. The number of hydrogen-bond acceptors (Lipinski definition) is 4. The van der Waals surface area contributed by atoms with Crippen LogP contribution in [-0.2, 0) is 16.8 Å². The molecule has 0 aliphatic rings. The van der Waals surface area contributed by atoms with Gasteiger partial charge in [-0.05, 0) is 47.2 Å². The second-order valence-corrected chi connectivity index (χ2v) is 9.84. The lowest BCUT2D eigenvalue weighted by Gasteiger charge is -2.38. The SMILES string of the molecule is CCCN(CCNC(c1ccccc1)(c1ccccc1)c1ccccc1)C(=O)CCc1ccc(OC)c(OC)c1. The molecule has 40 heavy (non-hydrogen) atoms. The Kier molecular flexibility index (Phi) is 10.4. The van der Waals surface area contributed by atoms with E-state index in [-0.39, 0.29) is 5.91 Å². The van der Waals surface area contributed by atoms with Gasteiger partial charge in [0.25, 0.3) is 0 Å². The molecule has 4 aromatic rings. The molecule has 0 atom stereocenters. The summed E-state index contributed by atoms with van der Waals surface area (Å²) < 4.78 is 10.8. The topological polar surface area (TPSA) is 50.8 Å². The average molecular weight is 537 g/mol. The number of hydrogen-bond donors (Lipinski definition) is 1. The van der Waals surface area contributed by atoms with Gasteiger partial charge in [0, 0.05) is 26.1 Å². The first-order valence-electron chi connectivity index (χ1n) is 14.0. The number of benzene rings is 4. The monoisotopic (exact) mass is 536 g/mol. The summed E-state index contributed by atoms with van der Waals surface area (Å²) in [6.45, 7) is 4.10. The van der Waals surface area contributed by atoms with Crippen molar-refractivity contribution in [3.63, 3.8) is 0 Å². The first-order valence-corrected chi connectivity index (χ1v) is 14.0. The van der Waals surface area contributed by atoms with Gasteiger partial charge in [-0.15, -0.1) is 0 Å². The number of ether oxygens (including phenoxy) is 2. The zero-order valence-electron chi connectivity index (χ0n) is 23.8. The van der Waals surface area contributed by atoms with Crippen molar-refractivity contribution in [3.8, 4) is 11.5 Å². The Balaban J connectivity index is 1.53. The van der Waals surface area contributed by atoms with Gasteiger partial charge in [0.15, 0.2) is 11.5 Å². The molecule has 0 heterocycles. The Morgan fingerprint density at radius 3 is 1.73 bits per heavy atom. The molecule has 4 aromatic carbocycles. The lowest BCUT2D eigenvalue weighted by atomic mass is 9.77. The van der Waals surface area contributed by atoms with Gasteiger partial charge in [-0.1, -0.05) is 104 Å². The maximum Gasteiger partial charge on any atom is 0.222 e. The predicted molar refractivity (Wildman–Crippen MR) is 162 cm³/mol. The van der Waals surface area contributed by atoms with E-state index in [1.165, 1.54) is 0 Å². The van der Waals surface area contributed by atoms with Gasteiger partial charge in [0.2, 0.25) is 5.91 Å². The van der Waals surface area contributed by atoms with Crippen molar-refractivity contribution in [3.05, 3.63) is 131 Å². The molecule has 0 aliphatic carbocycles. The summed E-state index contributed by atoms with van der Waals surface area (Å²) in [5, 5.41) is 3.90. The van der Waals surface area contributed by atoms with E-state index in [1.54, 1.807) is 14.2 Å². The molecule has 5 nitrogen and oxygen atoms in total. The maximum atomic E-state index is 13.4. The first-order chi connectivity index (χ1) is 19.6. The zero-order chi connectivity index (χ0) is 28.2. The van der Waals surface area contributed by atoms with Gasteiger partial charge in [-0.2, -0.15) is 0 Å². The summed E-state index contributed by atoms with van der Waals surface area (Å²) in [5.41, 5.74) is 3.99. The fourth-order valence-electron chi connectivity index (χ4n) is 5.33. The van der Waals surface area contributed by atoms with Gasteiger partial charge >= 0.3 is 0 Å². The third-order valence-electron chi connectivity index (χ3n) is 7.31. The minimum Gasteiger partial charge on any atom is -0.493 e. The second-order valence-electron chi connectivity index (χ2n) is 9.84. The Bertz CT molecular complexity index is 1230. The van der Waals surface area contributed by atoms with Gasteiger partial charge in [0.05, 0.1) is 19.8 Å². The van der Waals surface area contributed by atoms with E-state index >= 15 is 0 Å². The van der Waals surface area contributed by atoms with E-state index in [0.29, 0.717) is 37.4 Å². The fraction of sp³-hybridized carbons (Fsp3) is 0.286. The molecule has 0 spiro atoms. The number of aryl methyl sites for hydroxylation is 1. The second kappa shape index (κ2) is 14.3. The van der Waals surface area contributed by atoms with E-state index < -0.39 is 5.54 Å². The van der Waals surface area contributed by atoms with Crippen molar-refractivity contribution in [2.45, 2.75) is 31.7 Å². The molecular weight excluding hydrogens is 496 g/mol. The van der Waals surface area contributed by atoms with Crippen LogP contribution >= 0.6 is 0 Å². The van der Waals surface area contributed by atoms with Crippen molar-refractivity contribution < 1.29 is 14.3 Å². The average Bonchev–Trinajstić information content (AvgIpc) is 3.02. The summed E-state index contributed by atoms with van der Waals surface area (Å²) in [6.07, 6.45) is 1.99. The third-order valence-corrected chi connectivity index (χ3v) is 7.31. The van der Waals surface area contributed by atoms with Gasteiger partial charge in [-0.3, -0.25) is 10.1 Å². The number of methoxy groups -OCH3 is 2. The molecule has 0 aliphatic heterocycles. The largest absolute Gasteiger partial charge is 0.493 e. The molecule has 0 saturated heterocycles. The highest BCUT2D eigenvalue weighted by Gasteiger charge is 2.35. The first kappa shape index (κ1) is 28.9. The van der Waals surface area contributed by atoms with Crippen LogP contribution in [0.15, 0.2) is 109 Å². The summed E-state index contributed by atoms with van der Waals surface area (Å²) in [6, 6.07) is 37.5. The quantitative estimate of drug-likeness (QED) is 0.188. The van der Waals surface area contributed by atoms with E-state index in [1.807, 2.05) is 41.3 Å². The highest BCUT2D eigenvalue weighted by atomic mass is 16.5. The number of nitrogens with one attached hydrogen (secondary N) is 1. The molecule has 1 amide bonds. The minimum atomic E-state index is -0.551. The Labute approximate surface area is 238 Å². The molecule has 0 unspecified atom stereocenters. The predicted octanol–water partition coefficient (Wildman–Crippen LogP) is 6.46. The Morgan fingerprint density at radius 2 is 1.25 bits per heavy atom. The molecule has 0 radical (unpaired) electrons. The Morgan fingerprint density at radius 1 is 0.725 bits per heavy atom. The van der Waals surface area contributed by atoms with Crippen LogP contribution in [0.4, 0.5) is 0 Å². The van der Waals surface area contributed by atoms with Crippen LogP contribution in [-0.4, -0.2) is 44.7 Å². The zero-order valence-corrected chi connectivity index (χ0v) is 23.8. The van der Waals surface area contributed by atoms with Crippen molar-refractivity contribution >= 4 is 5.91 Å². The van der Waals surface area contributed by atoms with Gasteiger partial charge in [-0.25, -0.2) is 0 Å². The highest BCUT2D eigenvalue weighted by Crippen LogP contribution is 2.36. The number of carbonyl (C=O) groups excluding carboxylic acids is 1. The van der Waals surface area contributed by atoms with Crippen molar-refractivity contribution in [1.82, 2.24) is 10.2 Å². The molecule has 0 fully saturated rings. The summed E-state index contributed by atoms with van der Waals surface area (Å²) in [4.78, 5) is 15.4. The van der Waals surface area contributed by atoms with Crippen LogP contribution in [0.3, 0.4) is 0 Å². The van der Waals surface area contributed by atoms with E-state index in [9.17, 15) is 4.79 Å². The number of carbonyl (C=O) groups is 1. The Hall–Kier alpha value is -4.09. The van der Waals surface area contributed by atoms with Crippen LogP contribution in [0.2, 0.25) is 0 Å². The summed E-state index contributed by atoms with van der Waals surface area (Å²) >= 11 is 0. The van der Waals surface area contributed by atoms with Crippen LogP contribution in [0.5, 0.6) is 11.5 Å². The molecule has 4 rings (SSSR count). The maximum absolute atomic E-state index is 13.4. The molecular formula is C35H40N2O3. The summed E-state index contributed by atoms with van der Waals surface area (Å²) in [7, 11) is 3.25. The van der Waals surface area contributed by atoms with Crippen molar-refractivity contribution in [2.75, 3.05) is 33.9 Å². The number of rotatable bonds is 14.